The van der Waals surface area contributed by atoms with E-state index in [2.05, 4.69) is 0 Å². The van der Waals surface area contributed by atoms with Gasteiger partial charge in [0.2, 0.25) is 5.91 Å². The van der Waals surface area contributed by atoms with Gasteiger partial charge in [-0.3, -0.25) is 4.79 Å². The number of carbonyl (C=O) groups excluding carboxylic acids is 1. The summed E-state index contributed by atoms with van der Waals surface area (Å²) in [6, 6.07) is 11.0. The Morgan fingerprint density at radius 1 is 1.20 bits per heavy atom. The fourth-order valence-electron chi connectivity index (χ4n) is 1.88. The summed E-state index contributed by atoms with van der Waals surface area (Å²) in [6.07, 6.45) is 0.875. The molecule has 0 saturated heterocycles. The second-order valence-corrected chi connectivity index (χ2v) is 4.43. The van der Waals surface area contributed by atoms with E-state index in [0.717, 1.165) is 17.5 Å². The van der Waals surface area contributed by atoms with Crippen molar-refractivity contribution >= 4 is 5.91 Å². The predicted molar refractivity (Wildman–Crippen MR) is 76.1 cm³/mol. The van der Waals surface area contributed by atoms with Gasteiger partial charge in [0.25, 0.3) is 0 Å². The van der Waals surface area contributed by atoms with Gasteiger partial charge >= 0.3 is 0 Å². The number of ether oxygens (including phenoxy) is 1. The number of primary amides is 1. The van der Waals surface area contributed by atoms with Crippen LogP contribution in [0.5, 0.6) is 5.75 Å². The average molecular weight is 273 g/mol. The number of carbonyl (C=O) groups is 1. The van der Waals surface area contributed by atoms with Crippen LogP contribution in [0.25, 0.3) is 11.1 Å². The Kier molecular flexibility index (Phi) is 4.35. The predicted octanol–water partition coefficient (Wildman–Crippen LogP) is 3.38. The number of halogens is 1. The lowest BCUT2D eigenvalue weighted by Gasteiger charge is -2.12. The second-order valence-electron chi connectivity index (χ2n) is 4.43. The molecule has 0 heterocycles. The maximum absolute atomic E-state index is 13.0. The van der Waals surface area contributed by atoms with Crippen molar-refractivity contribution in [2.45, 2.75) is 13.3 Å². The standard InChI is InChI=1S/C16H16FNO2/c1-2-9-20-15-8-5-12(16(18)19)10-14(15)11-3-6-13(17)7-4-11/h3-8,10H,2,9H2,1H3,(H2,18,19). The molecular formula is C16H16FNO2. The van der Waals surface area contributed by atoms with Crippen molar-refractivity contribution in [1.82, 2.24) is 0 Å². The van der Waals surface area contributed by atoms with E-state index in [1.54, 1.807) is 30.3 Å². The van der Waals surface area contributed by atoms with Gasteiger partial charge in [0, 0.05) is 11.1 Å². The summed E-state index contributed by atoms with van der Waals surface area (Å²) < 4.78 is 18.7. The lowest BCUT2D eigenvalue weighted by Crippen LogP contribution is -2.11. The monoisotopic (exact) mass is 273 g/mol. The number of nitrogens with two attached hydrogens (primary N) is 1. The van der Waals surface area contributed by atoms with E-state index in [1.165, 1.54) is 12.1 Å². The fourth-order valence-corrected chi connectivity index (χ4v) is 1.88. The highest BCUT2D eigenvalue weighted by molar-refractivity contribution is 5.94. The van der Waals surface area contributed by atoms with E-state index in [0.29, 0.717) is 17.9 Å². The average Bonchev–Trinajstić information content (AvgIpc) is 2.45. The fraction of sp³-hybridized carbons (Fsp3) is 0.188. The Hall–Kier alpha value is -2.36. The van der Waals surface area contributed by atoms with Gasteiger partial charge in [0.05, 0.1) is 6.61 Å². The summed E-state index contributed by atoms with van der Waals surface area (Å²) in [5.41, 5.74) is 7.20. The Morgan fingerprint density at radius 2 is 1.90 bits per heavy atom. The highest BCUT2D eigenvalue weighted by Gasteiger charge is 2.10. The first-order valence-electron chi connectivity index (χ1n) is 6.44. The van der Waals surface area contributed by atoms with Crippen LogP contribution in [0.1, 0.15) is 23.7 Å². The van der Waals surface area contributed by atoms with Gasteiger partial charge in [-0.2, -0.15) is 0 Å². The molecule has 20 heavy (non-hydrogen) atoms. The van der Waals surface area contributed by atoms with Gasteiger partial charge in [0.1, 0.15) is 11.6 Å². The van der Waals surface area contributed by atoms with E-state index in [-0.39, 0.29) is 5.82 Å². The SMILES string of the molecule is CCCOc1ccc(C(N)=O)cc1-c1ccc(F)cc1. The molecule has 2 aromatic rings. The molecular weight excluding hydrogens is 257 g/mol. The van der Waals surface area contributed by atoms with Crippen LogP contribution in [0.15, 0.2) is 42.5 Å². The summed E-state index contributed by atoms with van der Waals surface area (Å²) in [6.45, 7) is 2.58. The summed E-state index contributed by atoms with van der Waals surface area (Å²) in [7, 11) is 0. The third-order valence-electron chi connectivity index (χ3n) is 2.88. The van der Waals surface area contributed by atoms with Crippen molar-refractivity contribution in [3.05, 3.63) is 53.8 Å². The summed E-state index contributed by atoms with van der Waals surface area (Å²) in [5, 5.41) is 0. The molecule has 2 rings (SSSR count). The topological polar surface area (TPSA) is 52.3 Å². The van der Waals surface area contributed by atoms with E-state index in [4.69, 9.17) is 10.5 Å². The Labute approximate surface area is 117 Å². The number of rotatable bonds is 5. The lowest BCUT2D eigenvalue weighted by atomic mass is 10.0. The van der Waals surface area contributed by atoms with Gasteiger partial charge in [-0.05, 0) is 42.3 Å². The van der Waals surface area contributed by atoms with Gasteiger partial charge < -0.3 is 10.5 Å². The van der Waals surface area contributed by atoms with Crippen LogP contribution >= 0.6 is 0 Å². The van der Waals surface area contributed by atoms with Crippen LogP contribution in [0, 0.1) is 5.82 Å². The molecule has 0 bridgehead atoms. The zero-order valence-corrected chi connectivity index (χ0v) is 11.2. The Morgan fingerprint density at radius 3 is 2.50 bits per heavy atom. The molecule has 4 heteroatoms. The minimum absolute atomic E-state index is 0.309. The number of hydrogen-bond acceptors (Lipinski definition) is 2. The van der Waals surface area contributed by atoms with Gasteiger partial charge in [0.15, 0.2) is 0 Å². The molecule has 0 radical (unpaired) electrons. The summed E-state index contributed by atoms with van der Waals surface area (Å²) in [5.74, 6) is -0.158. The van der Waals surface area contributed by atoms with E-state index < -0.39 is 5.91 Å². The van der Waals surface area contributed by atoms with Crippen molar-refractivity contribution in [3.63, 3.8) is 0 Å². The smallest absolute Gasteiger partial charge is 0.248 e. The highest BCUT2D eigenvalue weighted by atomic mass is 19.1. The van der Waals surface area contributed by atoms with Gasteiger partial charge in [-0.1, -0.05) is 19.1 Å². The second kappa shape index (κ2) is 6.19. The molecule has 0 aliphatic rings. The first-order chi connectivity index (χ1) is 9.61. The van der Waals surface area contributed by atoms with Crippen LogP contribution in [0.4, 0.5) is 4.39 Å². The van der Waals surface area contributed by atoms with E-state index in [9.17, 15) is 9.18 Å². The molecule has 104 valence electrons. The van der Waals surface area contributed by atoms with Crippen molar-refractivity contribution < 1.29 is 13.9 Å². The quantitative estimate of drug-likeness (QED) is 0.908. The van der Waals surface area contributed by atoms with Crippen molar-refractivity contribution in [3.8, 4) is 16.9 Å². The molecule has 2 N–H and O–H groups in total. The first-order valence-corrected chi connectivity index (χ1v) is 6.44. The molecule has 0 fully saturated rings. The summed E-state index contributed by atoms with van der Waals surface area (Å²) in [4.78, 5) is 11.3. The molecule has 0 aliphatic carbocycles. The number of amides is 1. The zero-order valence-electron chi connectivity index (χ0n) is 11.2. The molecule has 0 saturated carbocycles. The first kappa shape index (κ1) is 14.1. The van der Waals surface area contributed by atoms with E-state index >= 15 is 0 Å². The number of hydrogen-bond donors (Lipinski definition) is 1. The summed E-state index contributed by atoms with van der Waals surface area (Å²) >= 11 is 0. The van der Waals surface area contributed by atoms with E-state index in [1.807, 2.05) is 6.92 Å². The highest BCUT2D eigenvalue weighted by Crippen LogP contribution is 2.31. The van der Waals surface area contributed by atoms with Crippen molar-refractivity contribution in [2.75, 3.05) is 6.61 Å². The lowest BCUT2D eigenvalue weighted by molar-refractivity contribution is 0.100. The van der Waals surface area contributed by atoms with Crippen LogP contribution in [-0.2, 0) is 0 Å². The molecule has 2 aromatic carbocycles. The van der Waals surface area contributed by atoms with Gasteiger partial charge in [-0.15, -0.1) is 0 Å². The Bertz CT molecular complexity index is 608. The van der Waals surface area contributed by atoms with Gasteiger partial charge in [-0.25, -0.2) is 4.39 Å². The Balaban J connectivity index is 2.47. The maximum atomic E-state index is 13.0. The molecule has 3 nitrogen and oxygen atoms in total. The third-order valence-corrected chi connectivity index (χ3v) is 2.88. The minimum atomic E-state index is -0.504. The van der Waals surface area contributed by atoms with Crippen molar-refractivity contribution in [2.24, 2.45) is 5.73 Å². The molecule has 0 atom stereocenters. The molecule has 1 amide bonds. The van der Waals surface area contributed by atoms with Crippen LogP contribution in [-0.4, -0.2) is 12.5 Å². The van der Waals surface area contributed by atoms with Crippen LogP contribution in [0.3, 0.4) is 0 Å². The third kappa shape index (κ3) is 3.15. The maximum Gasteiger partial charge on any atom is 0.248 e. The minimum Gasteiger partial charge on any atom is -0.493 e. The van der Waals surface area contributed by atoms with Crippen LogP contribution < -0.4 is 10.5 Å². The normalized spacial score (nSPS) is 10.3. The molecule has 0 unspecified atom stereocenters. The van der Waals surface area contributed by atoms with Crippen molar-refractivity contribution in [1.29, 1.82) is 0 Å². The molecule has 0 spiro atoms. The van der Waals surface area contributed by atoms with Crippen LogP contribution in [0.2, 0.25) is 0 Å². The zero-order chi connectivity index (χ0) is 14.5. The molecule has 0 aliphatic heterocycles. The number of benzene rings is 2. The molecule has 0 aromatic heterocycles. The largest absolute Gasteiger partial charge is 0.493 e.